The summed E-state index contributed by atoms with van der Waals surface area (Å²) in [6, 6.07) is 0.261. The van der Waals surface area contributed by atoms with Crippen LogP contribution in [0, 0.1) is 0 Å². The van der Waals surface area contributed by atoms with Gasteiger partial charge in [-0.05, 0) is 24.4 Å². The van der Waals surface area contributed by atoms with Crippen LogP contribution in [0.3, 0.4) is 0 Å². The zero-order valence-electron chi connectivity index (χ0n) is 16.9. The molecule has 13 nitrogen and oxygen atoms in total. The molecule has 0 radical (unpaired) electrons. The Bertz CT molecular complexity index is 999. The predicted octanol–water partition coefficient (Wildman–Crippen LogP) is 0.314. The van der Waals surface area contributed by atoms with E-state index in [9.17, 15) is 19.9 Å². The maximum atomic E-state index is 11.1. The van der Waals surface area contributed by atoms with Crippen molar-refractivity contribution < 1.29 is 38.9 Å². The zero-order valence-corrected chi connectivity index (χ0v) is 18.5. The van der Waals surface area contributed by atoms with Gasteiger partial charge in [-0.15, -0.1) is 0 Å². The Kier molecular flexibility index (Phi) is 7.01. The van der Waals surface area contributed by atoms with Crippen molar-refractivity contribution in [2.45, 2.75) is 68.8 Å². The number of hydrogen-bond acceptors (Lipinski definition) is 10. The summed E-state index contributed by atoms with van der Waals surface area (Å²) in [6.45, 7) is -0.720. The minimum atomic E-state index is -4.87. The van der Waals surface area contributed by atoms with E-state index in [0.717, 1.165) is 25.7 Å². The van der Waals surface area contributed by atoms with Gasteiger partial charge in [0.1, 0.15) is 18.0 Å². The van der Waals surface area contributed by atoms with Crippen LogP contribution in [0.5, 0.6) is 0 Å². The summed E-state index contributed by atoms with van der Waals surface area (Å²) < 4.78 is 22.6. The van der Waals surface area contributed by atoms with Crippen LogP contribution >= 0.6 is 19.4 Å². The fraction of sp³-hybridized carbons (Fsp3) is 0.706. The van der Waals surface area contributed by atoms with Crippen LogP contribution in [0.4, 0.5) is 5.82 Å². The Morgan fingerprint density at radius 1 is 1.28 bits per heavy atom. The van der Waals surface area contributed by atoms with Gasteiger partial charge >= 0.3 is 7.82 Å². The molecular formula is C17H25ClN5O8P. The third-order valence-electron chi connectivity index (χ3n) is 5.69. The Morgan fingerprint density at radius 2 is 2.00 bits per heavy atom. The summed E-state index contributed by atoms with van der Waals surface area (Å²) in [5.74, 6) is 0.512. The summed E-state index contributed by atoms with van der Waals surface area (Å²) in [7, 11) is -4.87. The Labute approximate surface area is 187 Å². The topological polar surface area (TPSA) is 192 Å². The number of nitrogens with zero attached hydrogens (tertiary/aromatic N) is 4. The number of aliphatic hydroxyl groups is 3. The second-order valence-corrected chi connectivity index (χ2v) is 9.51. The summed E-state index contributed by atoms with van der Waals surface area (Å²) in [5, 5.41) is 38.5. The molecule has 2 aromatic heterocycles. The first-order chi connectivity index (χ1) is 15.2. The van der Waals surface area contributed by atoms with Gasteiger partial charge in [-0.3, -0.25) is 4.52 Å². The molecule has 1 unspecified atom stereocenters. The lowest BCUT2D eigenvalue weighted by atomic mass is 10.0. The Balaban J connectivity index is 1.57. The van der Waals surface area contributed by atoms with E-state index in [1.807, 2.05) is 0 Å². The third kappa shape index (κ3) is 5.06. The molecule has 2 aromatic rings. The highest BCUT2D eigenvalue weighted by molar-refractivity contribution is 7.46. The van der Waals surface area contributed by atoms with Crippen molar-refractivity contribution in [2.24, 2.45) is 0 Å². The smallest absolute Gasteiger partial charge is 0.394 e. The number of halogens is 1. The molecule has 1 aliphatic heterocycles. The fourth-order valence-electron chi connectivity index (χ4n) is 4.19. The monoisotopic (exact) mass is 493 g/mol. The summed E-state index contributed by atoms with van der Waals surface area (Å²) in [4.78, 5) is 26.4. The third-order valence-corrected chi connectivity index (χ3v) is 6.43. The number of nitrogens with one attached hydrogen (secondary N) is 1. The molecule has 1 aliphatic carbocycles. The van der Waals surface area contributed by atoms with Crippen LogP contribution in [0.15, 0.2) is 6.20 Å². The van der Waals surface area contributed by atoms with Gasteiger partial charge in [-0.2, -0.15) is 15.1 Å². The normalized spacial score (nSPS) is 27.9. The van der Waals surface area contributed by atoms with E-state index >= 15 is 0 Å². The van der Waals surface area contributed by atoms with Crippen molar-refractivity contribution in [2.75, 3.05) is 11.9 Å². The minimum Gasteiger partial charge on any atom is -0.394 e. The van der Waals surface area contributed by atoms with Gasteiger partial charge in [-0.1, -0.05) is 12.8 Å². The van der Waals surface area contributed by atoms with Crippen LogP contribution in [-0.4, -0.2) is 81.9 Å². The van der Waals surface area contributed by atoms with E-state index in [0.29, 0.717) is 11.2 Å². The molecule has 5 atom stereocenters. The van der Waals surface area contributed by atoms with Crippen LogP contribution < -0.4 is 5.32 Å². The molecule has 0 amide bonds. The van der Waals surface area contributed by atoms with Crippen molar-refractivity contribution in [3.05, 3.63) is 11.5 Å². The van der Waals surface area contributed by atoms with Gasteiger partial charge in [0.15, 0.2) is 11.9 Å². The Hall–Kier alpha value is -1.41. The summed E-state index contributed by atoms with van der Waals surface area (Å²) in [5.41, 5.74) is 0.285. The van der Waals surface area contributed by atoms with Gasteiger partial charge in [0.25, 0.3) is 0 Å². The van der Waals surface area contributed by atoms with Gasteiger partial charge in [0.05, 0.1) is 30.4 Å². The molecular weight excluding hydrogens is 469 g/mol. The lowest BCUT2D eigenvalue weighted by molar-refractivity contribution is -0.0583. The maximum Gasteiger partial charge on any atom is 0.469 e. The highest BCUT2D eigenvalue weighted by Gasteiger charge is 2.46. The molecule has 6 N–H and O–H groups in total. The average Bonchev–Trinajstić information content (AvgIpc) is 3.43. The molecule has 3 heterocycles. The summed E-state index contributed by atoms with van der Waals surface area (Å²) >= 11 is 6.11. The number of ether oxygens (including phenoxy) is 1. The highest BCUT2D eigenvalue weighted by atomic mass is 35.5. The number of phosphoric acid groups is 1. The number of fused-ring (bicyclic) bond motifs is 1. The predicted molar refractivity (Wildman–Crippen MR) is 111 cm³/mol. The number of anilines is 1. The molecule has 0 spiro atoms. The molecule has 178 valence electrons. The summed E-state index contributed by atoms with van der Waals surface area (Å²) in [6.07, 6.45) is -0.919. The first-order valence-electron chi connectivity index (χ1n) is 10.2. The van der Waals surface area contributed by atoms with E-state index in [2.05, 4.69) is 24.9 Å². The lowest BCUT2D eigenvalue weighted by Gasteiger charge is -2.21. The fourth-order valence-corrected chi connectivity index (χ4v) is 4.89. The zero-order chi connectivity index (χ0) is 23.0. The molecule has 4 rings (SSSR count). The maximum absolute atomic E-state index is 11.1. The number of hydrogen-bond donors (Lipinski definition) is 6. The molecule has 2 aliphatic rings. The van der Waals surface area contributed by atoms with Crippen LogP contribution in [0.2, 0.25) is 5.28 Å². The number of aliphatic hydroxyl groups excluding tert-OH is 3. The number of phosphoric ester groups is 1. The van der Waals surface area contributed by atoms with Crippen molar-refractivity contribution in [1.29, 1.82) is 0 Å². The number of rotatable bonds is 8. The second kappa shape index (κ2) is 9.45. The van der Waals surface area contributed by atoms with Crippen molar-refractivity contribution in [3.63, 3.8) is 0 Å². The quantitative estimate of drug-likeness (QED) is 0.218. The van der Waals surface area contributed by atoms with Gasteiger partial charge < -0.3 is 35.2 Å². The van der Waals surface area contributed by atoms with Crippen LogP contribution in [-0.2, 0) is 13.8 Å². The van der Waals surface area contributed by atoms with Gasteiger partial charge in [0.2, 0.25) is 5.28 Å². The molecule has 0 aromatic carbocycles. The van der Waals surface area contributed by atoms with Crippen LogP contribution in [0.1, 0.15) is 38.3 Å². The van der Waals surface area contributed by atoms with Gasteiger partial charge in [0, 0.05) is 12.5 Å². The highest BCUT2D eigenvalue weighted by Crippen LogP contribution is 2.40. The standard InChI is InChI=1S/C17H25ClN5O8P/c18-17-21-14(20-8-3-1-2-4-8)10-6-19-23(15(10)22-17)16-13(26)12(25)11(30-16)5-9(7-24)31-32(27,28)29/h6,8-9,11-13,16,24-26H,1-5,7H2,(H,20,21,22)(H2,27,28,29)/t9?,11-,12-,13-,16-/m1/s1. The molecule has 0 bridgehead atoms. The largest absolute Gasteiger partial charge is 0.469 e. The Morgan fingerprint density at radius 3 is 2.66 bits per heavy atom. The SMILES string of the molecule is O=P(O)(O)OC(CO)C[C@H]1O[C@@H](n2ncc3c(NC4CCCC4)nc(Cl)nc32)[C@H](O)[C@@H]1O. The first-order valence-corrected chi connectivity index (χ1v) is 12.1. The van der Waals surface area contributed by atoms with E-state index in [4.69, 9.17) is 26.1 Å². The second-order valence-electron chi connectivity index (χ2n) is 7.98. The van der Waals surface area contributed by atoms with E-state index < -0.39 is 45.1 Å². The average molecular weight is 494 g/mol. The molecule has 15 heteroatoms. The lowest BCUT2D eigenvalue weighted by Crippen LogP contribution is -2.34. The van der Waals surface area contributed by atoms with E-state index in [1.54, 1.807) is 0 Å². The van der Waals surface area contributed by atoms with E-state index in [-0.39, 0.29) is 23.4 Å². The van der Waals surface area contributed by atoms with Crippen molar-refractivity contribution >= 4 is 36.3 Å². The van der Waals surface area contributed by atoms with Crippen molar-refractivity contribution in [1.82, 2.24) is 19.7 Å². The minimum absolute atomic E-state index is 0.0280. The molecule has 1 saturated carbocycles. The molecule has 1 saturated heterocycles. The number of aromatic nitrogens is 4. The molecule has 32 heavy (non-hydrogen) atoms. The molecule has 2 fully saturated rings. The van der Waals surface area contributed by atoms with E-state index in [1.165, 1.54) is 10.9 Å². The van der Waals surface area contributed by atoms with Gasteiger partial charge in [-0.25, -0.2) is 9.25 Å². The van der Waals surface area contributed by atoms with Crippen LogP contribution in [0.25, 0.3) is 11.0 Å². The van der Waals surface area contributed by atoms with Crippen molar-refractivity contribution in [3.8, 4) is 0 Å². The first kappa shape index (κ1) is 23.7.